The van der Waals surface area contributed by atoms with Gasteiger partial charge >= 0.3 is 5.97 Å². The number of aromatic carboxylic acids is 1. The number of hydrogen-bond donors (Lipinski definition) is 2. The van der Waals surface area contributed by atoms with Crippen LogP contribution in [0.25, 0.3) is 11.0 Å². The summed E-state index contributed by atoms with van der Waals surface area (Å²) in [5, 5.41) is 8.91. The lowest BCUT2D eigenvalue weighted by Crippen LogP contribution is -2.29. The van der Waals surface area contributed by atoms with E-state index >= 15 is 0 Å². The van der Waals surface area contributed by atoms with Crippen molar-refractivity contribution in [3.05, 3.63) is 29.6 Å². The number of hydrogen-bond acceptors (Lipinski definition) is 4. The van der Waals surface area contributed by atoms with E-state index < -0.39 is 20.6 Å². The van der Waals surface area contributed by atoms with Gasteiger partial charge in [-0.15, -0.1) is 0 Å². The van der Waals surface area contributed by atoms with Crippen LogP contribution in [0.15, 0.2) is 18.2 Å². The van der Waals surface area contributed by atoms with E-state index in [1.807, 2.05) is 0 Å². The van der Waals surface area contributed by atoms with Gasteiger partial charge in [0.25, 0.3) is 0 Å². The molecular formula is C12H14N2O4S. The summed E-state index contributed by atoms with van der Waals surface area (Å²) in [5.74, 6) is -0.743. The average molecular weight is 282 g/mol. The van der Waals surface area contributed by atoms with Crippen molar-refractivity contribution < 1.29 is 18.3 Å². The molecular weight excluding hydrogens is 268 g/mol. The quantitative estimate of drug-likeness (QED) is 0.889. The molecule has 0 radical (unpaired) electrons. The van der Waals surface area contributed by atoms with Gasteiger partial charge in [0.15, 0.2) is 9.84 Å². The first-order chi connectivity index (χ1) is 8.63. The van der Waals surface area contributed by atoms with E-state index in [4.69, 9.17) is 5.11 Å². The minimum Gasteiger partial charge on any atom is -0.478 e. The van der Waals surface area contributed by atoms with Crippen molar-refractivity contribution in [2.24, 2.45) is 0 Å². The van der Waals surface area contributed by atoms with Gasteiger partial charge in [-0.1, -0.05) is 0 Å². The molecule has 0 aliphatic heterocycles. The Hall–Kier alpha value is -1.89. The molecule has 0 bridgehead atoms. The zero-order chi connectivity index (χ0) is 14.4. The monoisotopic (exact) mass is 282 g/mol. The molecule has 0 saturated carbocycles. The van der Waals surface area contributed by atoms with Crippen molar-refractivity contribution in [2.45, 2.75) is 18.6 Å². The Morgan fingerprint density at radius 1 is 1.37 bits per heavy atom. The van der Waals surface area contributed by atoms with Crippen LogP contribution < -0.4 is 0 Å². The second-order valence-electron chi connectivity index (χ2n) is 4.90. The third-order valence-electron chi connectivity index (χ3n) is 3.23. The van der Waals surface area contributed by atoms with Gasteiger partial charge in [0, 0.05) is 6.26 Å². The van der Waals surface area contributed by atoms with Crippen LogP contribution in [0.4, 0.5) is 0 Å². The average Bonchev–Trinajstić information content (AvgIpc) is 2.70. The first kappa shape index (κ1) is 13.5. The number of fused-ring (bicyclic) bond motifs is 1. The van der Waals surface area contributed by atoms with E-state index in [1.54, 1.807) is 19.9 Å². The molecule has 1 aromatic heterocycles. The second-order valence-corrected chi connectivity index (χ2v) is 7.47. The molecule has 1 aromatic carbocycles. The van der Waals surface area contributed by atoms with Crippen LogP contribution in [0.3, 0.4) is 0 Å². The highest BCUT2D eigenvalue weighted by atomic mass is 32.2. The van der Waals surface area contributed by atoms with Crippen LogP contribution in [0.1, 0.15) is 30.0 Å². The second kappa shape index (κ2) is 4.06. The fourth-order valence-corrected chi connectivity index (χ4v) is 2.05. The van der Waals surface area contributed by atoms with Gasteiger partial charge in [0.05, 0.1) is 16.6 Å². The molecule has 102 valence electrons. The molecule has 0 fully saturated rings. The molecule has 19 heavy (non-hydrogen) atoms. The van der Waals surface area contributed by atoms with Crippen LogP contribution in [0, 0.1) is 0 Å². The lowest BCUT2D eigenvalue weighted by atomic mass is 10.2. The SMILES string of the molecule is CC(C)(c1nc2ccc(C(=O)O)cc2[nH]1)S(C)(=O)=O. The van der Waals surface area contributed by atoms with Gasteiger partial charge in [-0.2, -0.15) is 0 Å². The maximum absolute atomic E-state index is 11.8. The fourth-order valence-electron chi connectivity index (χ4n) is 1.60. The molecule has 0 aliphatic carbocycles. The van der Waals surface area contributed by atoms with Crippen molar-refractivity contribution in [1.82, 2.24) is 9.97 Å². The maximum Gasteiger partial charge on any atom is 0.335 e. The highest BCUT2D eigenvalue weighted by molar-refractivity contribution is 7.91. The number of carboxylic acids is 1. The van der Waals surface area contributed by atoms with Crippen molar-refractivity contribution >= 4 is 26.8 Å². The zero-order valence-corrected chi connectivity index (χ0v) is 11.6. The molecule has 0 amide bonds. The molecule has 2 rings (SSSR count). The first-order valence-electron chi connectivity index (χ1n) is 5.56. The summed E-state index contributed by atoms with van der Waals surface area (Å²) in [6.07, 6.45) is 1.14. The Kier molecular flexibility index (Phi) is 2.89. The lowest BCUT2D eigenvalue weighted by Gasteiger charge is -2.19. The van der Waals surface area contributed by atoms with Crippen molar-refractivity contribution in [2.75, 3.05) is 6.26 Å². The zero-order valence-electron chi connectivity index (χ0n) is 10.8. The smallest absolute Gasteiger partial charge is 0.335 e. The Morgan fingerprint density at radius 2 is 2.00 bits per heavy atom. The summed E-state index contributed by atoms with van der Waals surface area (Å²) < 4.78 is 22.3. The third kappa shape index (κ3) is 2.21. The topological polar surface area (TPSA) is 100 Å². The minimum absolute atomic E-state index is 0.125. The van der Waals surface area contributed by atoms with Crippen molar-refractivity contribution in [1.29, 1.82) is 0 Å². The molecule has 1 heterocycles. The summed E-state index contributed by atoms with van der Waals surface area (Å²) in [6, 6.07) is 4.42. The number of benzene rings is 1. The first-order valence-corrected chi connectivity index (χ1v) is 7.45. The normalized spacial score (nSPS) is 12.8. The summed E-state index contributed by atoms with van der Waals surface area (Å²) in [5.41, 5.74) is 1.17. The summed E-state index contributed by atoms with van der Waals surface area (Å²) in [6.45, 7) is 3.11. The summed E-state index contributed by atoms with van der Waals surface area (Å²) in [7, 11) is -3.34. The molecule has 0 aliphatic rings. The van der Waals surface area contributed by atoms with Gasteiger partial charge in [0.1, 0.15) is 10.6 Å². The summed E-state index contributed by atoms with van der Waals surface area (Å²) >= 11 is 0. The molecule has 0 atom stereocenters. The lowest BCUT2D eigenvalue weighted by molar-refractivity contribution is 0.0697. The number of rotatable bonds is 3. The van der Waals surface area contributed by atoms with Gasteiger partial charge in [-0.05, 0) is 32.0 Å². The van der Waals surface area contributed by atoms with E-state index in [9.17, 15) is 13.2 Å². The van der Waals surface area contributed by atoms with Crippen LogP contribution in [-0.4, -0.2) is 35.7 Å². The predicted molar refractivity (Wildman–Crippen MR) is 70.9 cm³/mol. The minimum atomic E-state index is -3.34. The van der Waals surface area contributed by atoms with E-state index in [-0.39, 0.29) is 5.56 Å². The van der Waals surface area contributed by atoms with Crippen molar-refractivity contribution in [3.8, 4) is 0 Å². The maximum atomic E-state index is 11.8. The van der Waals surface area contributed by atoms with E-state index in [0.29, 0.717) is 16.9 Å². The van der Waals surface area contributed by atoms with Crippen LogP contribution in [0.5, 0.6) is 0 Å². The van der Waals surface area contributed by atoms with Gasteiger partial charge in [-0.25, -0.2) is 18.2 Å². The Bertz CT molecular complexity index is 759. The van der Waals surface area contributed by atoms with Crippen molar-refractivity contribution in [3.63, 3.8) is 0 Å². The molecule has 0 spiro atoms. The van der Waals surface area contributed by atoms with Gasteiger partial charge in [0.2, 0.25) is 0 Å². The molecule has 0 unspecified atom stereocenters. The third-order valence-corrected chi connectivity index (χ3v) is 5.27. The standard InChI is InChI=1S/C12H14N2O4S/c1-12(2,19(3,17)18)11-13-8-5-4-7(10(15)16)6-9(8)14-11/h4-6H,1-3H3,(H,13,14)(H,15,16). The summed E-state index contributed by atoms with van der Waals surface area (Å²) in [4.78, 5) is 18.0. The highest BCUT2D eigenvalue weighted by Gasteiger charge is 2.35. The molecule has 6 nitrogen and oxygen atoms in total. The molecule has 2 N–H and O–H groups in total. The number of sulfone groups is 1. The number of aromatic amines is 1. The van der Waals surface area contributed by atoms with E-state index in [2.05, 4.69) is 9.97 Å². The Morgan fingerprint density at radius 3 is 2.53 bits per heavy atom. The Labute approximate surface area is 110 Å². The number of nitrogens with one attached hydrogen (secondary N) is 1. The van der Waals surface area contributed by atoms with Gasteiger partial charge in [-0.3, -0.25) is 0 Å². The van der Waals surface area contributed by atoms with E-state index in [0.717, 1.165) is 6.26 Å². The van der Waals surface area contributed by atoms with E-state index in [1.165, 1.54) is 12.1 Å². The van der Waals surface area contributed by atoms with Crippen LogP contribution >= 0.6 is 0 Å². The van der Waals surface area contributed by atoms with Gasteiger partial charge < -0.3 is 10.1 Å². The number of carboxylic acid groups (broad SMARTS) is 1. The molecule has 0 saturated heterocycles. The highest BCUT2D eigenvalue weighted by Crippen LogP contribution is 2.28. The van der Waals surface area contributed by atoms with Crippen LogP contribution in [0.2, 0.25) is 0 Å². The largest absolute Gasteiger partial charge is 0.478 e. The fraction of sp³-hybridized carbons (Fsp3) is 0.333. The number of carbonyl (C=O) groups is 1. The number of imidazole rings is 1. The number of H-pyrrole nitrogens is 1. The van der Waals surface area contributed by atoms with Crippen LogP contribution in [-0.2, 0) is 14.6 Å². The number of aromatic nitrogens is 2. The number of nitrogens with zero attached hydrogens (tertiary/aromatic N) is 1. The Balaban J connectivity index is 2.63. The molecule has 2 aromatic rings. The predicted octanol–water partition coefficient (Wildman–Crippen LogP) is 1.54. The molecule has 7 heteroatoms.